The Labute approximate surface area is 180 Å². The highest BCUT2D eigenvalue weighted by molar-refractivity contribution is 5.63. The van der Waals surface area contributed by atoms with E-state index in [0.29, 0.717) is 18.9 Å². The molecule has 4 aromatic rings. The van der Waals surface area contributed by atoms with Crippen LogP contribution in [-0.4, -0.2) is 27.5 Å². The van der Waals surface area contributed by atoms with Crippen LogP contribution in [0, 0.1) is 17.0 Å². The predicted molar refractivity (Wildman–Crippen MR) is 119 cm³/mol. The van der Waals surface area contributed by atoms with Crippen molar-refractivity contribution in [1.29, 1.82) is 0 Å². The van der Waals surface area contributed by atoms with Crippen LogP contribution in [0.15, 0.2) is 73.1 Å². The SMILES string of the molecule is Cc1ccc(OCCCCOc2ccc(-c3cn4cc([N+](=O)[O-])ccc4n3)cc2)cc1. The molecule has 0 bridgehead atoms. The maximum absolute atomic E-state index is 10.9. The van der Waals surface area contributed by atoms with E-state index in [1.165, 1.54) is 17.8 Å². The highest BCUT2D eigenvalue weighted by Gasteiger charge is 2.09. The topological polar surface area (TPSA) is 78.9 Å². The molecule has 0 N–H and O–H groups in total. The van der Waals surface area contributed by atoms with E-state index in [-0.39, 0.29) is 5.69 Å². The number of hydrogen-bond donors (Lipinski definition) is 0. The van der Waals surface area contributed by atoms with Gasteiger partial charge < -0.3 is 9.47 Å². The molecule has 0 aliphatic heterocycles. The van der Waals surface area contributed by atoms with Crippen molar-refractivity contribution in [3.05, 3.63) is 88.7 Å². The van der Waals surface area contributed by atoms with Crippen molar-refractivity contribution in [2.75, 3.05) is 13.2 Å². The largest absolute Gasteiger partial charge is 0.494 e. The second-order valence-electron chi connectivity index (χ2n) is 7.28. The van der Waals surface area contributed by atoms with Gasteiger partial charge in [0.05, 0.1) is 30.0 Å². The molecule has 0 spiro atoms. The van der Waals surface area contributed by atoms with Gasteiger partial charge in [-0.3, -0.25) is 14.5 Å². The number of pyridine rings is 1. The average molecular weight is 417 g/mol. The lowest BCUT2D eigenvalue weighted by atomic mass is 10.1. The van der Waals surface area contributed by atoms with Crippen LogP contribution in [0.2, 0.25) is 0 Å². The van der Waals surface area contributed by atoms with Gasteiger partial charge in [0.1, 0.15) is 17.1 Å². The molecule has 2 aromatic carbocycles. The van der Waals surface area contributed by atoms with Crippen molar-refractivity contribution in [1.82, 2.24) is 9.38 Å². The van der Waals surface area contributed by atoms with Crippen LogP contribution in [-0.2, 0) is 0 Å². The standard InChI is InChI=1S/C24H23N3O4/c1-18-4-9-21(10-5-18)30-14-2-3-15-31-22-11-6-19(7-12-22)23-17-26-16-20(27(28)29)8-13-24(26)25-23/h4-13,16-17H,2-3,14-15H2,1H3. The summed E-state index contributed by atoms with van der Waals surface area (Å²) in [6.07, 6.45) is 5.07. The molecule has 0 aliphatic rings. The van der Waals surface area contributed by atoms with Gasteiger partial charge in [0.15, 0.2) is 0 Å². The maximum Gasteiger partial charge on any atom is 0.286 e. The number of unbranched alkanes of at least 4 members (excludes halogenated alkanes) is 1. The van der Waals surface area contributed by atoms with Crippen LogP contribution in [0.1, 0.15) is 18.4 Å². The van der Waals surface area contributed by atoms with E-state index in [1.807, 2.05) is 48.5 Å². The Morgan fingerprint density at radius 3 is 2.10 bits per heavy atom. The molecule has 0 saturated carbocycles. The summed E-state index contributed by atoms with van der Waals surface area (Å²) in [5, 5.41) is 10.9. The molecule has 0 saturated heterocycles. The summed E-state index contributed by atoms with van der Waals surface area (Å²) in [4.78, 5) is 15.0. The summed E-state index contributed by atoms with van der Waals surface area (Å²) < 4.78 is 13.2. The number of nitro groups is 1. The van der Waals surface area contributed by atoms with E-state index in [4.69, 9.17) is 9.47 Å². The predicted octanol–water partition coefficient (Wildman–Crippen LogP) is 5.46. The van der Waals surface area contributed by atoms with Gasteiger partial charge in [-0.15, -0.1) is 0 Å². The van der Waals surface area contributed by atoms with Crippen LogP contribution in [0.25, 0.3) is 16.9 Å². The number of imidazole rings is 1. The first-order chi connectivity index (χ1) is 15.1. The van der Waals surface area contributed by atoms with E-state index >= 15 is 0 Å². The fraction of sp³-hybridized carbons (Fsp3) is 0.208. The van der Waals surface area contributed by atoms with E-state index in [1.54, 1.807) is 16.7 Å². The number of nitrogens with zero attached hydrogens (tertiary/aromatic N) is 3. The number of benzene rings is 2. The quantitative estimate of drug-likeness (QED) is 0.205. The molecule has 0 aliphatic carbocycles. The van der Waals surface area contributed by atoms with Crippen LogP contribution < -0.4 is 9.47 Å². The number of aromatic nitrogens is 2. The summed E-state index contributed by atoms with van der Waals surface area (Å²) in [6, 6.07) is 18.8. The zero-order chi connectivity index (χ0) is 21.6. The van der Waals surface area contributed by atoms with Crippen molar-refractivity contribution in [3.8, 4) is 22.8 Å². The molecule has 0 radical (unpaired) electrons. The van der Waals surface area contributed by atoms with Crippen LogP contribution in [0.4, 0.5) is 5.69 Å². The fourth-order valence-corrected chi connectivity index (χ4v) is 3.17. The summed E-state index contributed by atoms with van der Waals surface area (Å²) in [5.41, 5.74) is 3.58. The molecule has 31 heavy (non-hydrogen) atoms. The van der Waals surface area contributed by atoms with Crippen LogP contribution in [0.5, 0.6) is 11.5 Å². The molecule has 0 atom stereocenters. The van der Waals surface area contributed by atoms with E-state index in [0.717, 1.165) is 35.6 Å². The monoisotopic (exact) mass is 417 g/mol. The Hall–Kier alpha value is -3.87. The first-order valence-electron chi connectivity index (χ1n) is 10.1. The normalized spacial score (nSPS) is 10.9. The van der Waals surface area contributed by atoms with Gasteiger partial charge in [0.25, 0.3) is 5.69 Å². The Kier molecular flexibility index (Phi) is 6.12. The van der Waals surface area contributed by atoms with Crippen molar-refractivity contribution in [3.63, 3.8) is 0 Å². The highest BCUT2D eigenvalue weighted by atomic mass is 16.6. The molecular weight excluding hydrogens is 394 g/mol. The Bertz CT molecular complexity index is 1170. The highest BCUT2D eigenvalue weighted by Crippen LogP contribution is 2.23. The Morgan fingerprint density at radius 2 is 1.48 bits per heavy atom. The summed E-state index contributed by atoms with van der Waals surface area (Å²) >= 11 is 0. The Morgan fingerprint density at radius 1 is 0.871 bits per heavy atom. The maximum atomic E-state index is 10.9. The second kappa shape index (κ2) is 9.30. The lowest BCUT2D eigenvalue weighted by Crippen LogP contribution is -2.02. The molecule has 158 valence electrons. The van der Waals surface area contributed by atoms with Gasteiger partial charge >= 0.3 is 0 Å². The molecular formula is C24H23N3O4. The second-order valence-corrected chi connectivity index (χ2v) is 7.28. The minimum atomic E-state index is -0.417. The fourth-order valence-electron chi connectivity index (χ4n) is 3.17. The molecule has 4 rings (SSSR count). The first kappa shape index (κ1) is 20.4. The van der Waals surface area contributed by atoms with Crippen molar-refractivity contribution >= 4 is 11.3 Å². The molecule has 7 heteroatoms. The summed E-state index contributed by atoms with van der Waals surface area (Å²) in [6.45, 7) is 3.34. The molecule has 0 amide bonds. The number of rotatable bonds is 9. The van der Waals surface area contributed by atoms with Gasteiger partial charge in [-0.1, -0.05) is 17.7 Å². The summed E-state index contributed by atoms with van der Waals surface area (Å²) in [7, 11) is 0. The third kappa shape index (κ3) is 5.19. The van der Waals surface area contributed by atoms with Gasteiger partial charge in [-0.2, -0.15) is 0 Å². The van der Waals surface area contributed by atoms with Gasteiger partial charge in [0.2, 0.25) is 0 Å². The van der Waals surface area contributed by atoms with E-state index in [2.05, 4.69) is 11.9 Å². The van der Waals surface area contributed by atoms with Gasteiger partial charge in [-0.05, 0) is 62.2 Å². The van der Waals surface area contributed by atoms with Gasteiger partial charge in [0, 0.05) is 17.8 Å². The zero-order valence-electron chi connectivity index (χ0n) is 17.2. The van der Waals surface area contributed by atoms with Crippen molar-refractivity contribution in [2.24, 2.45) is 0 Å². The third-order valence-corrected chi connectivity index (χ3v) is 4.89. The molecule has 0 fully saturated rings. The zero-order valence-corrected chi connectivity index (χ0v) is 17.2. The molecule has 0 unspecified atom stereocenters. The van der Waals surface area contributed by atoms with Crippen molar-refractivity contribution < 1.29 is 14.4 Å². The van der Waals surface area contributed by atoms with Gasteiger partial charge in [-0.25, -0.2) is 4.98 Å². The smallest absolute Gasteiger partial charge is 0.286 e. The van der Waals surface area contributed by atoms with E-state index in [9.17, 15) is 10.1 Å². The Balaban J connectivity index is 1.26. The number of fused-ring (bicyclic) bond motifs is 1. The van der Waals surface area contributed by atoms with Crippen LogP contribution in [0.3, 0.4) is 0 Å². The van der Waals surface area contributed by atoms with Crippen molar-refractivity contribution in [2.45, 2.75) is 19.8 Å². The lowest BCUT2D eigenvalue weighted by molar-refractivity contribution is -0.385. The minimum absolute atomic E-state index is 0.0319. The number of hydrogen-bond acceptors (Lipinski definition) is 5. The average Bonchev–Trinajstić information content (AvgIpc) is 3.21. The minimum Gasteiger partial charge on any atom is -0.494 e. The van der Waals surface area contributed by atoms with E-state index < -0.39 is 4.92 Å². The van der Waals surface area contributed by atoms with Crippen LogP contribution >= 0.6 is 0 Å². The molecule has 7 nitrogen and oxygen atoms in total. The molecule has 2 heterocycles. The molecule has 2 aromatic heterocycles. The number of aryl methyl sites for hydroxylation is 1. The lowest BCUT2D eigenvalue weighted by Gasteiger charge is -2.08. The number of ether oxygens (including phenoxy) is 2. The first-order valence-corrected chi connectivity index (χ1v) is 10.1. The summed E-state index contributed by atoms with van der Waals surface area (Å²) in [5.74, 6) is 1.69. The third-order valence-electron chi connectivity index (χ3n) is 4.89.